The smallest absolute Gasteiger partial charge is 0.243 e. The summed E-state index contributed by atoms with van der Waals surface area (Å²) in [5.41, 5.74) is 6.51. The Morgan fingerprint density at radius 2 is 1.87 bits per heavy atom. The lowest BCUT2D eigenvalue weighted by Crippen LogP contribution is -2.46. The molecule has 200 valence electrons. The van der Waals surface area contributed by atoms with Gasteiger partial charge >= 0.3 is 0 Å². The third-order valence-electron chi connectivity index (χ3n) is 8.22. The van der Waals surface area contributed by atoms with E-state index >= 15 is 0 Å². The summed E-state index contributed by atoms with van der Waals surface area (Å²) < 4.78 is 6.19. The van der Waals surface area contributed by atoms with Crippen molar-refractivity contribution in [1.82, 2.24) is 14.8 Å². The SMILES string of the molecule is C[C@H](Oc1ccc(N)cn1)[C@H]1CN(C(=O)C2CCN(C(=O)C3(C#N)CC3)CC2)C[C@@H]1c1ccc(Cl)c(Cl)c1. The van der Waals surface area contributed by atoms with Crippen LogP contribution < -0.4 is 10.5 Å². The number of anilines is 1. The van der Waals surface area contributed by atoms with Gasteiger partial charge in [-0.25, -0.2) is 4.98 Å². The van der Waals surface area contributed by atoms with E-state index in [1.54, 1.807) is 29.3 Å². The molecular formula is C28H31Cl2N5O3. The number of aromatic nitrogens is 1. The first-order chi connectivity index (χ1) is 18.2. The molecule has 5 rings (SSSR count). The maximum atomic E-state index is 13.7. The highest BCUT2D eigenvalue weighted by Gasteiger charge is 2.53. The van der Waals surface area contributed by atoms with Crippen molar-refractivity contribution in [3.8, 4) is 11.9 Å². The molecule has 0 radical (unpaired) electrons. The lowest BCUT2D eigenvalue weighted by atomic mass is 9.86. The zero-order valence-corrected chi connectivity index (χ0v) is 22.8. The summed E-state index contributed by atoms with van der Waals surface area (Å²) in [6, 6.07) is 11.3. The number of rotatable bonds is 6. The average molecular weight is 556 g/mol. The van der Waals surface area contributed by atoms with Gasteiger partial charge in [0, 0.05) is 50.0 Å². The van der Waals surface area contributed by atoms with Crippen molar-refractivity contribution in [3.63, 3.8) is 0 Å². The molecule has 1 aromatic heterocycles. The summed E-state index contributed by atoms with van der Waals surface area (Å²) in [7, 11) is 0. The fourth-order valence-electron chi connectivity index (χ4n) is 5.71. The van der Waals surface area contributed by atoms with E-state index < -0.39 is 5.41 Å². The van der Waals surface area contributed by atoms with E-state index in [1.165, 1.54) is 0 Å². The van der Waals surface area contributed by atoms with Crippen LogP contribution in [-0.4, -0.2) is 58.9 Å². The Morgan fingerprint density at radius 1 is 1.13 bits per heavy atom. The van der Waals surface area contributed by atoms with Crippen molar-refractivity contribution in [2.75, 3.05) is 31.9 Å². The number of likely N-dealkylation sites (tertiary alicyclic amines) is 2. The molecule has 1 saturated carbocycles. The monoisotopic (exact) mass is 555 g/mol. The van der Waals surface area contributed by atoms with Gasteiger partial charge in [0.05, 0.1) is 28.0 Å². The number of hydrogen-bond acceptors (Lipinski definition) is 6. The van der Waals surface area contributed by atoms with Crippen molar-refractivity contribution in [1.29, 1.82) is 5.26 Å². The number of carbonyl (C=O) groups is 2. The number of nitrogens with two attached hydrogens (primary N) is 1. The van der Waals surface area contributed by atoms with Gasteiger partial charge in [0.2, 0.25) is 17.7 Å². The standard InChI is InChI=1S/C28H31Cl2N5O3/c1-17(38-25-5-3-20(32)13-33-25)21-14-35(15-22(21)19-2-4-23(29)24(30)12-19)26(36)18-6-10-34(11-7-18)27(37)28(16-31)8-9-28/h2-5,12-13,17-18,21-22H,6-11,14-15,32H2,1H3/t17-,21+,22+/m0/s1. The number of ether oxygens (including phenoxy) is 1. The van der Waals surface area contributed by atoms with E-state index in [0.29, 0.717) is 73.5 Å². The molecule has 3 heterocycles. The Labute approximate surface area is 232 Å². The normalized spacial score (nSPS) is 23.5. The van der Waals surface area contributed by atoms with Crippen LogP contribution in [0.4, 0.5) is 5.69 Å². The summed E-state index contributed by atoms with van der Waals surface area (Å²) in [4.78, 5) is 34.4. The van der Waals surface area contributed by atoms with Gasteiger partial charge in [-0.15, -0.1) is 0 Å². The zero-order valence-electron chi connectivity index (χ0n) is 21.3. The van der Waals surface area contributed by atoms with Crippen LogP contribution >= 0.6 is 23.2 Å². The van der Waals surface area contributed by atoms with Gasteiger partial charge in [-0.2, -0.15) is 5.26 Å². The molecule has 3 fully saturated rings. The average Bonchev–Trinajstić information content (AvgIpc) is 3.61. The van der Waals surface area contributed by atoms with Crippen LogP contribution in [0.15, 0.2) is 36.5 Å². The molecule has 2 N–H and O–H groups in total. The van der Waals surface area contributed by atoms with Crippen molar-refractivity contribution < 1.29 is 14.3 Å². The number of amides is 2. The number of hydrogen-bond donors (Lipinski definition) is 1. The van der Waals surface area contributed by atoms with Gasteiger partial charge in [0.25, 0.3) is 0 Å². The maximum absolute atomic E-state index is 13.7. The first-order valence-corrected chi connectivity index (χ1v) is 13.8. The summed E-state index contributed by atoms with van der Waals surface area (Å²) in [5.74, 6) is 0.358. The van der Waals surface area contributed by atoms with Crippen LogP contribution in [0.3, 0.4) is 0 Å². The van der Waals surface area contributed by atoms with Gasteiger partial charge in [-0.05, 0) is 56.4 Å². The van der Waals surface area contributed by atoms with Crippen molar-refractivity contribution in [3.05, 3.63) is 52.1 Å². The Kier molecular flexibility index (Phi) is 7.43. The number of nitrogen functional groups attached to an aromatic ring is 1. The number of nitrogens with zero attached hydrogens (tertiary/aromatic N) is 4. The molecule has 2 amide bonds. The highest BCUT2D eigenvalue weighted by atomic mass is 35.5. The van der Waals surface area contributed by atoms with E-state index in [2.05, 4.69) is 11.1 Å². The minimum Gasteiger partial charge on any atom is -0.474 e. The molecule has 2 aliphatic heterocycles. The molecule has 2 saturated heterocycles. The van der Waals surface area contributed by atoms with E-state index in [-0.39, 0.29) is 35.7 Å². The van der Waals surface area contributed by atoms with Crippen LogP contribution in [0.2, 0.25) is 10.0 Å². The number of nitriles is 1. The minimum atomic E-state index is -0.818. The predicted octanol–water partition coefficient (Wildman–Crippen LogP) is 4.52. The van der Waals surface area contributed by atoms with Gasteiger partial charge < -0.3 is 20.3 Å². The van der Waals surface area contributed by atoms with Gasteiger partial charge in [-0.1, -0.05) is 29.3 Å². The van der Waals surface area contributed by atoms with Crippen molar-refractivity contribution in [2.45, 2.75) is 44.6 Å². The molecule has 1 aliphatic carbocycles. The van der Waals surface area contributed by atoms with Crippen molar-refractivity contribution >= 4 is 40.7 Å². The number of carbonyl (C=O) groups excluding carboxylic acids is 2. The molecular weight excluding hydrogens is 525 g/mol. The van der Waals surface area contributed by atoms with Crippen LogP contribution in [0, 0.1) is 28.6 Å². The van der Waals surface area contributed by atoms with E-state index in [0.717, 1.165) is 5.56 Å². The third kappa shape index (κ3) is 5.27. The Bertz CT molecular complexity index is 1250. The fourth-order valence-corrected chi connectivity index (χ4v) is 6.01. The molecule has 10 heteroatoms. The first kappa shape index (κ1) is 26.6. The quantitative estimate of drug-likeness (QED) is 0.560. The molecule has 3 aliphatic rings. The van der Waals surface area contributed by atoms with E-state index in [4.69, 9.17) is 33.7 Å². The highest BCUT2D eigenvalue weighted by molar-refractivity contribution is 6.42. The molecule has 0 unspecified atom stereocenters. The summed E-state index contributed by atoms with van der Waals surface area (Å²) in [5, 5.41) is 10.3. The number of halogens is 2. The predicted molar refractivity (Wildman–Crippen MR) is 145 cm³/mol. The van der Waals surface area contributed by atoms with Gasteiger partial charge in [0.15, 0.2) is 0 Å². The van der Waals surface area contributed by atoms with Crippen LogP contribution in [0.5, 0.6) is 5.88 Å². The number of benzene rings is 1. The second-order valence-corrected chi connectivity index (χ2v) is 11.5. The largest absolute Gasteiger partial charge is 0.474 e. The highest BCUT2D eigenvalue weighted by Crippen LogP contribution is 2.47. The Morgan fingerprint density at radius 3 is 2.47 bits per heavy atom. The Balaban J connectivity index is 1.29. The third-order valence-corrected chi connectivity index (χ3v) is 8.96. The summed E-state index contributed by atoms with van der Waals surface area (Å²) in [6.45, 7) is 4.09. The number of piperidine rings is 1. The molecule has 3 atom stereocenters. The molecule has 2 aromatic rings. The zero-order chi connectivity index (χ0) is 27.0. The molecule has 0 bridgehead atoms. The fraction of sp³-hybridized carbons (Fsp3) is 0.500. The topological polar surface area (TPSA) is 113 Å². The van der Waals surface area contributed by atoms with Crippen molar-refractivity contribution in [2.24, 2.45) is 17.3 Å². The minimum absolute atomic E-state index is 0.00238. The molecule has 38 heavy (non-hydrogen) atoms. The summed E-state index contributed by atoms with van der Waals surface area (Å²) in [6.07, 6.45) is 3.81. The molecule has 1 aromatic carbocycles. The second-order valence-electron chi connectivity index (χ2n) is 10.7. The Hall–Kier alpha value is -3.02. The summed E-state index contributed by atoms with van der Waals surface area (Å²) >= 11 is 12.5. The van der Waals surface area contributed by atoms with Gasteiger partial charge in [-0.3, -0.25) is 9.59 Å². The lowest BCUT2D eigenvalue weighted by Gasteiger charge is -2.34. The second kappa shape index (κ2) is 10.6. The van der Waals surface area contributed by atoms with Gasteiger partial charge in [0.1, 0.15) is 11.5 Å². The van der Waals surface area contributed by atoms with E-state index in [1.807, 2.05) is 24.0 Å². The maximum Gasteiger partial charge on any atom is 0.243 e. The molecule has 8 nitrogen and oxygen atoms in total. The lowest BCUT2D eigenvalue weighted by molar-refractivity contribution is -0.141. The first-order valence-electron chi connectivity index (χ1n) is 13.0. The van der Waals surface area contributed by atoms with Crippen LogP contribution in [0.1, 0.15) is 44.1 Å². The van der Waals surface area contributed by atoms with E-state index in [9.17, 15) is 14.9 Å². The van der Waals surface area contributed by atoms with Crippen LogP contribution in [-0.2, 0) is 9.59 Å². The van der Waals surface area contributed by atoms with Crippen LogP contribution in [0.25, 0.3) is 0 Å². The number of pyridine rings is 1. The molecule has 0 spiro atoms.